The minimum absolute atomic E-state index is 0.185. The molecule has 0 fully saturated rings. The first-order valence-electron chi connectivity index (χ1n) is 7.81. The van der Waals surface area contributed by atoms with Crippen molar-refractivity contribution in [3.63, 3.8) is 0 Å². The van der Waals surface area contributed by atoms with E-state index in [0.29, 0.717) is 32.2 Å². The summed E-state index contributed by atoms with van der Waals surface area (Å²) in [7, 11) is 1.49. The van der Waals surface area contributed by atoms with Crippen LogP contribution in [0.5, 0.6) is 11.5 Å². The van der Waals surface area contributed by atoms with E-state index >= 15 is 0 Å². The molecule has 0 spiro atoms. The lowest BCUT2D eigenvalue weighted by molar-refractivity contribution is -0.132. The van der Waals surface area contributed by atoms with Gasteiger partial charge in [0.25, 0.3) is 5.56 Å². The zero-order valence-electron chi connectivity index (χ0n) is 14.2. The summed E-state index contributed by atoms with van der Waals surface area (Å²) in [6, 6.07) is 6.90. The highest BCUT2D eigenvalue weighted by Crippen LogP contribution is 2.28. The molecule has 1 aromatic carbocycles. The molecule has 0 saturated heterocycles. The van der Waals surface area contributed by atoms with Gasteiger partial charge in [0.1, 0.15) is 5.52 Å². The summed E-state index contributed by atoms with van der Waals surface area (Å²) in [4.78, 5) is 33.3. The number of esters is 1. The van der Waals surface area contributed by atoms with Crippen LogP contribution >= 0.6 is 27.3 Å². The van der Waals surface area contributed by atoms with Crippen LogP contribution in [0.25, 0.3) is 22.2 Å². The van der Waals surface area contributed by atoms with Gasteiger partial charge in [-0.2, -0.15) is 0 Å². The number of hydrogen-bond acceptors (Lipinski definition) is 7. The van der Waals surface area contributed by atoms with Crippen LogP contribution in [-0.4, -0.2) is 27.4 Å². The van der Waals surface area contributed by atoms with Crippen molar-refractivity contribution in [1.29, 1.82) is 0 Å². The summed E-state index contributed by atoms with van der Waals surface area (Å²) in [5.41, 5.74) is 1.74. The average Bonchev–Trinajstić information content (AvgIpc) is 3.11. The monoisotopic (exact) mass is 445 g/mol. The fraction of sp³-hybridized carbons (Fsp3) is 0.111. The van der Waals surface area contributed by atoms with Crippen LogP contribution in [0.1, 0.15) is 12.5 Å². The number of pyridine rings is 1. The van der Waals surface area contributed by atoms with Gasteiger partial charge in [0.2, 0.25) is 0 Å². The molecule has 4 rings (SSSR count). The Balaban J connectivity index is 1.84. The SMILES string of the molecule is COc1cc(C=c2sc3nc4cc(Br)cnc4n3c2=O)ccc1OC(C)=O. The molecule has 0 aliphatic carbocycles. The molecule has 0 radical (unpaired) electrons. The average molecular weight is 446 g/mol. The van der Waals surface area contributed by atoms with Gasteiger partial charge in [-0.1, -0.05) is 17.4 Å². The second kappa shape index (κ2) is 6.75. The first-order chi connectivity index (χ1) is 13.0. The molecule has 9 heteroatoms. The highest BCUT2D eigenvalue weighted by atomic mass is 79.9. The summed E-state index contributed by atoms with van der Waals surface area (Å²) in [5.74, 6) is 0.299. The lowest BCUT2D eigenvalue weighted by Gasteiger charge is -2.08. The molecule has 0 aliphatic heterocycles. The van der Waals surface area contributed by atoms with Crippen LogP contribution in [-0.2, 0) is 4.79 Å². The van der Waals surface area contributed by atoms with Crippen molar-refractivity contribution in [3.05, 3.63) is 55.4 Å². The van der Waals surface area contributed by atoms with Crippen molar-refractivity contribution in [2.24, 2.45) is 0 Å². The summed E-state index contributed by atoms with van der Waals surface area (Å²) < 4.78 is 13.2. The van der Waals surface area contributed by atoms with E-state index in [2.05, 4.69) is 25.9 Å². The number of carbonyl (C=O) groups excluding carboxylic acids is 1. The van der Waals surface area contributed by atoms with Gasteiger partial charge < -0.3 is 9.47 Å². The minimum Gasteiger partial charge on any atom is -0.493 e. The van der Waals surface area contributed by atoms with Crippen molar-refractivity contribution in [1.82, 2.24) is 14.4 Å². The molecule has 7 nitrogen and oxygen atoms in total. The number of carbonyl (C=O) groups is 1. The Morgan fingerprint density at radius 2 is 2.11 bits per heavy atom. The van der Waals surface area contributed by atoms with E-state index in [9.17, 15) is 9.59 Å². The third-order valence-corrected chi connectivity index (χ3v) is 5.19. The highest BCUT2D eigenvalue weighted by Gasteiger charge is 2.13. The fourth-order valence-electron chi connectivity index (χ4n) is 2.68. The molecule has 4 aromatic rings. The van der Waals surface area contributed by atoms with E-state index in [1.54, 1.807) is 30.5 Å². The Kier molecular flexibility index (Phi) is 4.40. The normalized spacial score (nSPS) is 12.0. The first kappa shape index (κ1) is 17.6. The summed E-state index contributed by atoms with van der Waals surface area (Å²) >= 11 is 4.63. The number of rotatable bonds is 3. The third-order valence-electron chi connectivity index (χ3n) is 3.79. The van der Waals surface area contributed by atoms with Gasteiger partial charge in [-0.25, -0.2) is 14.4 Å². The smallest absolute Gasteiger partial charge is 0.308 e. The Morgan fingerprint density at radius 3 is 2.85 bits per heavy atom. The maximum Gasteiger partial charge on any atom is 0.308 e. The summed E-state index contributed by atoms with van der Waals surface area (Å²) in [5, 5.41) is 0. The molecule has 0 bridgehead atoms. The molecule has 0 saturated carbocycles. The van der Waals surface area contributed by atoms with Crippen molar-refractivity contribution in [3.8, 4) is 11.5 Å². The zero-order valence-corrected chi connectivity index (χ0v) is 16.6. The Morgan fingerprint density at radius 1 is 1.30 bits per heavy atom. The van der Waals surface area contributed by atoms with E-state index < -0.39 is 5.97 Å². The third kappa shape index (κ3) is 3.19. The molecule has 0 amide bonds. The van der Waals surface area contributed by atoms with Crippen LogP contribution in [0, 0.1) is 0 Å². The number of imidazole rings is 1. The largest absolute Gasteiger partial charge is 0.493 e. The molecule has 3 heterocycles. The molecule has 27 heavy (non-hydrogen) atoms. The Bertz CT molecular complexity index is 1310. The van der Waals surface area contributed by atoms with E-state index in [1.807, 2.05) is 6.07 Å². The first-order valence-corrected chi connectivity index (χ1v) is 9.42. The van der Waals surface area contributed by atoms with Crippen molar-refractivity contribution >= 4 is 55.4 Å². The van der Waals surface area contributed by atoms with Crippen LogP contribution in [0.3, 0.4) is 0 Å². The van der Waals surface area contributed by atoms with Crippen molar-refractivity contribution in [2.45, 2.75) is 6.92 Å². The standard InChI is InChI=1S/C18H12BrN3O4S/c1-9(23)26-13-4-3-10(5-14(13)25-2)6-15-17(24)22-16-12(21-18(22)27-15)7-11(19)8-20-16/h3-8H,1-2H3. The highest BCUT2D eigenvalue weighted by molar-refractivity contribution is 9.10. The zero-order chi connectivity index (χ0) is 19.1. The number of halogens is 1. The topological polar surface area (TPSA) is 82.8 Å². The lowest BCUT2D eigenvalue weighted by Crippen LogP contribution is -2.22. The number of ether oxygens (including phenoxy) is 2. The predicted molar refractivity (Wildman–Crippen MR) is 105 cm³/mol. The van der Waals surface area contributed by atoms with Gasteiger partial charge >= 0.3 is 5.97 Å². The lowest BCUT2D eigenvalue weighted by atomic mass is 10.2. The van der Waals surface area contributed by atoms with Crippen molar-refractivity contribution < 1.29 is 14.3 Å². The van der Waals surface area contributed by atoms with Gasteiger partial charge in [-0.3, -0.25) is 9.59 Å². The van der Waals surface area contributed by atoms with Crippen LogP contribution in [0.15, 0.2) is 39.7 Å². The summed E-state index contributed by atoms with van der Waals surface area (Å²) in [6.07, 6.45) is 3.38. The second-order valence-corrected chi connectivity index (χ2v) is 7.57. The number of methoxy groups -OCH3 is 1. The molecular weight excluding hydrogens is 434 g/mol. The Hall–Kier alpha value is -2.78. The fourth-order valence-corrected chi connectivity index (χ4v) is 3.97. The molecule has 0 atom stereocenters. The number of hydrogen-bond donors (Lipinski definition) is 0. The van der Waals surface area contributed by atoms with Crippen molar-refractivity contribution in [2.75, 3.05) is 7.11 Å². The molecular formula is C18H12BrN3O4S. The van der Waals surface area contributed by atoms with E-state index in [-0.39, 0.29) is 5.56 Å². The van der Waals surface area contributed by atoms with E-state index in [1.165, 1.54) is 29.8 Å². The van der Waals surface area contributed by atoms with Crippen LogP contribution < -0.4 is 19.6 Å². The van der Waals surface area contributed by atoms with E-state index in [4.69, 9.17) is 9.47 Å². The van der Waals surface area contributed by atoms with Crippen LogP contribution in [0.2, 0.25) is 0 Å². The molecule has 0 N–H and O–H groups in total. The summed E-state index contributed by atoms with van der Waals surface area (Å²) in [6.45, 7) is 1.32. The molecule has 0 aliphatic rings. The molecule has 3 aromatic heterocycles. The number of aromatic nitrogens is 3. The maximum atomic E-state index is 12.8. The van der Waals surface area contributed by atoms with Gasteiger partial charge in [-0.05, 0) is 45.8 Å². The number of nitrogens with zero attached hydrogens (tertiary/aromatic N) is 3. The molecule has 136 valence electrons. The van der Waals surface area contributed by atoms with Gasteiger partial charge in [0.05, 0.1) is 11.6 Å². The minimum atomic E-state index is -0.433. The number of benzene rings is 1. The quantitative estimate of drug-likeness (QED) is 0.356. The van der Waals surface area contributed by atoms with Gasteiger partial charge in [0, 0.05) is 17.6 Å². The van der Waals surface area contributed by atoms with E-state index in [0.717, 1.165) is 10.0 Å². The Labute approximate surface area is 165 Å². The number of thiazole rings is 1. The van der Waals surface area contributed by atoms with Gasteiger partial charge in [0.15, 0.2) is 22.1 Å². The maximum absolute atomic E-state index is 12.8. The van der Waals surface area contributed by atoms with Crippen LogP contribution in [0.4, 0.5) is 0 Å². The van der Waals surface area contributed by atoms with Gasteiger partial charge in [-0.15, -0.1) is 0 Å². The predicted octanol–water partition coefficient (Wildman–Crippen LogP) is 2.55. The second-order valence-electron chi connectivity index (χ2n) is 5.65. The molecule has 0 unspecified atom stereocenters. The number of fused-ring (bicyclic) bond motifs is 3.